The molecule has 1 fully saturated rings. The van der Waals surface area contributed by atoms with Crippen molar-refractivity contribution in [1.29, 1.82) is 0 Å². The van der Waals surface area contributed by atoms with Crippen molar-refractivity contribution < 1.29 is 5.11 Å². The van der Waals surface area contributed by atoms with Crippen LogP contribution in [0.1, 0.15) is 49.1 Å². The monoisotopic (exact) mass is 266 g/mol. The predicted molar refractivity (Wildman–Crippen MR) is 82.8 cm³/mol. The fourth-order valence-corrected chi connectivity index (χ4v) is 3.56. The summed E-state index contributed by atoms with van der Waals surface area (Å²) in [6.07, 6.45) is 5.32. The van der Waals surface area contributed by atoms with Crippen LogP contribution in [0.3, 0.4) is 0 Å². The Morgan fingerprint density at radius 3 is 1.60 bits per heavy atom. The zero-order chi connectivity index (χ0) is 13.8. The van der Waals surface area contributed by atoms with Gasteiger partial charge in [-0.1, -0.05) is 79.9 Å². The molecule has 0 aromatic heterocycles. The smallest absolute Gasteiger partial charge is 0.0756 e. The molecule has 0 amide bonds. The number of hydrogen-bond donors (Lipinski definition) is 1. The second-order valence-electron chi connectivity index (χ2n) is 5.92. The Balaban J connectivity index is 2.04. The molecule has 0 atom stereocenters. The van der Waals surface area contributed by atoms with Gasteiger partial charge < -0.3 is 5.11 Å². The van der Waals surface area contributed by atoms with Crippen molar-refractivity contribution in [3.63, 3.8) is 0 Å². The summed E-state index contributed by atoms with van der Waals surface area (Å²) >= 11 is 0. The predicted octanol–water partition coefficient (Wildman–Crippen LogP) is 4.51. The van der Waals surface area contributed by atoms with Crippen LogP contribution in [0.25, 0.3) is 0 Å². The minimum absolute atomic E-state index is 0.0881. The van der Waals surface area contributed by atoms with Crippen LogP contribution in [-0.4, -0.2) is 10.7 Å². The molecule has 1 heteroatoms. The molecule has 20 heavy (non-hydrogen) atoms. The molecule has 1 N–H and O–H groups in total. The van der Waals surface area contributed by atoms with Gasteiger partial charge in [0.05, 0.1) is 5.60 Å². The van der Waals surface area contributed by atoms with Crippen LogP contribution in [0, 0.1) is 0 Å². The molecule has 1 nitrogen and oxygen atoms in total. The van der Waals surface area contributed by atoms with E-state index in [0.29, 0.717) is 0 Å². The van der Waals surface area contributed by atoms with Crippen LogP contribution < -0.4 is 0 Å². The Morgan fingerprint density at radius 2 is 1.15 bits per heavy atom. The lowest BCUT2D eigenvalue weighted by atomic mass is 9.70. The quantitative estimate of drug-likeness (QED) is 0.866. The van der Waals surface area contributed by atoms with Crippen molar-refractivity contribution >= 4 is 0 Å². The third-order valence-electron chi connectivity index (χ3n) is 4.52. The topological polar surface area (TPSA) is 20.2 Å². The van der Waals surface area contributed by atoms with Gasteiger partial charge in [-0.25, -0.2) is 0 Å². The van der Waals surface area contributed by atoms with E-state index >= 15 is 0 Å². The minimum atomic E-state index is -0.596. The Kier molecular flexibility index (Phi) is 3.88. The lowest BCUT2D eigenvalue weighted by molar-refractivity contribution is -0.0110. The molecule has 104 valence electrons. The fourth-order valence-electron chi connectivity index (χ4n) is 3.56. The zero-order valence-corrected chi connectivity index (χ0v) is 11.8. The molecule has 0 spiro atoms. The lowest BCUT2D eigenvalue weighted by Gasteiger charge is -2.40. The van der Waals surface area contributed by atoms with Gasteiger partial charge in [-0.05, 0) is 24.0 Å². The van der Waals surface area contributed by atoms with Crippen molar-refractivity contribution in [3.05, 3.63) is 71.8 Å². The number of aliphatic hydroxyl groups is 1. The van der Waals surface area contributed by atoms with Crippen molar-refractivity contribution in [2.75, 3.05) is 0 Å². The van der Waals surface area contributed by atoms with Crippen LogP contribution in [0.4, 0.5) is 0 Å². The van der Waals surface area contributed by atoms with E-state index < -0.39 is 5.60 Å². The molecule has 0 saturated heterocycles. The summed E-state index contributed by atoms with van der Waals surface area (Å²) < 4.78 is 0. The van der Waals surface area contributed by atoms with Crippen LogP contribution in [0.2, 0.25) is 0 Å². The van der Waals surface area contributed by atoms with E-state index in [1.807, 2.05) is 12.1 Å². The van der Waals surface area contributed by atoms with E-state index in [1.54, 1.807) is 0 Å². The summed E-state index contributed by atoms with van der Waals surface area (Å²) in [5, 5.41) is 11.2. The standard InChI is InChI=1S/C19H22O/c20-19(14-8-3-9-15-19)18(16-10-4-1-5-11-16)17-12-6-2-7-13-17/h1-2,4-7,10-13,18,20H,3,8-9,14-15H2. The molecule has 0 unspecified atom stereocenters. The van der Waals surface area contributed by atoms with E-state index in [1.165, 1.54) is 17.5 Å². The molecule has 0 bridgehead atoms. The minimum Gasteiger partial charge on any atom is -0.389 e. The molecule has 0 heterocycles. The first-order valence-electron chi connectivity index (χ1n) is 7.62. The summed E-state index contributed by atoms with van der Waals surface area (Å²) in [5.74, 6) is 0.0881. The molecule has 1 aliphatic carbocycles. The highest BCUT2D eigenvalue weighted by molar-refractivity contribution is 5.36. The third kappa shape index (κ3) is 2.64. The van der Waals surface area contributed by atoms with Crippen LogP contribution in [0.5, 0.6) is 0 Å². The molecule has 2 aromatic carbocycles. The maximum atomic E-state index is 11.2. The van der Waals surface area contributed by atoms with Gasteiger partial charge in [0.25, 0.3) is 0 Å². The highest BCUT2D eigenvalue weighted by atomic mass is 16.3. The van der Waals surface area contributed by atoms with E-state index in [2.05, 4.69) is 48.5 Å². The van der Waals surface area contributed by atoms with Crippen LogP contribution >= 0.6 is 0 Å². The molecular formula is C19H22O. The molecule has 1 aliphatic rings. The van der Waals surface area contributed by atoms with E-state index in [0.717, 1.165) is 25.7 Å². The first-order valence-corrected chi connectivity index (χ1v) is 7.62. The van der Waals surface area contributed by atoms with Gasteiger partial charge in [-0.2, -0.15) is 0 Å². The van der Waals surface area contributed by atoms with E-state index in [4.69, 9.17) is 0 Å². The number of benzene rings is 2. The van der Waals surface area contributed by atoms with Crippen molar-refractivity contribution in [3.8, 4) is 0 Å². The van der Waals surface area contributed by atoms with Crippen molar-refractivity contribution in [2.24, 2.45) is 0 Å². The Hall–Kier alpha value is -1.60. The molecule has 0 aliphatic heterocycles. The highest BCUT2D eigenvalue weighted by Gasteiger charge is 2.39. The first-order chi connectivity index (χ1) is 9.80. The van der Waals surface area contributed by atoms with Gasteiger partial charge in [0.15, 0.2) is 0 Å². The van der Waals surface area contributed by atoms with Gasteiger partial charge in [0, 0.05) is 5.92 Å². The van der Waals surface area contributed by atoms with Crippen LogP contribution in [0.15, 0.2) is 60.7 Å². The maximum absolute atomic E-state index is 11.2. The summed E-state index contributed by atoms with van der Waals surface area (Å²) in [7, 11) is 0. The van der Waals surface area contributed by atoms with Gasteiger partial charge in [0.1, 0.15) is 0 Å². The SMILES string of the molecule is OC1(C(c2ccccc2)c2ccccc2)CCCCC1. The van der Waals surface area contributed by atoms with Gasteiger partial charge >= 0.3 is 0 Å². The summed E-state index contributed by atoms with van der Waals surface area (Å²) in [6.45, 7) is 0. The van der Waals surface area contributed by atoms with Gasteiger partial charge in [-0.15, -0.1) is 0 Å². The number of hydrogen-bond acceptors (Lipinski definition) is 1. The summed E-state index contributed by atoms with van der Waals surface area (Å²) in [5.41, 5.74) is 1.85. The normalized spacial score (nSPS) is 18.1. The van der Waals surface area contributed by atoms with Gasteiger partial charge in [-0.3, -0.25) is 0 Å². The average Bonchev–Trinajstić information content (AvgIpc) is 2.50. The molecular weight excluding hydrogens is 244 g/mol. The largest absolute Gasteiger partial charge is 0.389 e. The Morgan fingerprint density at radius 1 is 0.700 bits per heavy atom. The first kappa shape index (κ1) is 13.4. The highest BCUT2D eigenvalue weighted by Crippen LogP contribution is 2.43. The summed E-state index contributed by atoms with van der Waals surface area (Å²) in [4.78, 5) is 0. The number of rotatable bonds is 3. The zero-order valence-electron chi connectivity index (χ0n) is 11.8. The molecule has 2 aromatic rings. The summed E-state index contributed by atoms with van der Waals surface area (Å²) in [6, 6.07) is 20.9. The van der Waals surface area contributed by atoms with Crippen LogP contribution in [-0.2, 0) is 0 Å². The average molecular weight is 266 g/mol. The third-order valence-corrected chi connectivity index (χ3v) is 4.52. The lowest BCUT2D eigenvalue weighted by Crippen LogP contribution is -2.39. The van der Waals surface area contributed by atoms with Gasteiger partial charge in [0.2, 0.25) is 0 Å². The Bertz CT molecular complexity index is 487. The molecule has 0 radical (unpaired) electrons. The second-order valence-corrected chi connectivity index (χ2v) is 5.92. The molecule has 3 rings (SSSR count). The Labute approximate surface area is 121 Å². The second kappa shape index (κ2) is 5.80. The maximum Gasteiger partial charge on any atom is 0.0756 e. The van der Waals surface area contributed by atoms with E-state index in [9.17, 15) is 5.11 Å². The van der Waals surface area contributed by atoms with Crippen molar-refractivity contribution in [2.45, 2.75) is 43.6 Å². The fraction of sp³-hybridized carbons (Fsp3) is 0.368. The molecule has 1 saturated carbocycles. The van der Waals surface area contributed by atoms with E-state index in [-0.39, 0.29) is 5.92 Å². The van der Waals surface area contributed by atoms with Crippen molar-refractivity contribution in [1.82, 2.24) is 0 Å².